The molecule has 0 bridgehead atoms. The average Bonchev–Trinajstić information content (AvgIpc) is 2.95. The Balaban J connectivity index is 1.63. The van der Waals surface area contributed by atoms with Crippen molar-refractivity contribution in [2.45, 2.75) is 38.0 Å². The number of ether oxygens (including phenoxy) is 1. The topological polar surface area (TPSA) is 203 Å². The number of urea groups is 1. The SMILES string of the molecule is CC#Cc1cc(CNC(=O)N2CCOCC2)c2c(c1O)C(O)=C1C(=O)[C@]3(O)C(O)=C(C(N)=O)C(=O)[C@@H](N(C)C)[C@@H]3C[C@@H]1C2. The van der Waals surface area contributed by atoms with Gasteiger partial charge in [-0.3, -0.25) is 19.3 Å². The molecule has 13 nitrogen and oxygen atoms in total. The van der Waals surface area contributed by atoms with Crippen molar-refractivity contribution in [2.24, 2.45) is 17.6 Å². The second-order valence-corrected chi connectivity index (χ2v) is 11.4. The van der Waals surface area contributed by atoms with Crippen LogP contribution in [0, 0.1) is 23.7 Å². The number of primary amides is 1. The molecule has 13 heteroatoms. The first-order valence-electron chi connectivity index (χ1n) is 13.9. The van der Waals surface area contributed by atoms with Crippen LogP contribution < -0.4 is 11.1 Å². The number of aromatic hydroxyl groups is 1. The van der Waals surface area contributed by atoms with E-state index in [1.54, 1.807) is 17.9 Å². The Kier molecular flexibility index (Phi) is 7.72. The number of phenolic OH excluding ortho intramolecular Hbond substituents is 1. The van der Waals surface area contributed by atoms with E-state index in [2.05, 4.69) is 17.2 Å². The van der Waals surface area contributed by atoms with Crippen molar-refractivity contribution in [2.75, 3.05) is 40.4 Å². The zero-order chi connectivity index (χ0) is 31.4. The number of hydrogen-bond acceptors (Lipinski definition) is 10. The maximum Gasteiger partial charge on any atom is 0.317 e. The Labute approximate surface area is 247 Å². The summed E-state index contributed by atoms with van der Waals surface area (Å²) in [5.41, 5.74) is 2.61. The Morgan fingerprint density at radius 1 is 1.21 bits per heavy atom. The maximum atomic E-state index is 14.1. The van der Waals surface area contributed by atoms with Crippen molar-refractivity contribution in [3.63, 3.8) is 0 Å². The van der Waals surface area contributed by atoms with Crippen molar-refractivity contribution in [1.82, 2.24) is 15.1 Å². The van der Waals surface area contributed by atoms with Gasteiger partial charge < -0.3 is 41.1 Å². The van der Waals surface area contributed by atoms with Crippen molar-refractivity contribution >= 4 is 29.3 Å². The molecule has 43 heavy (non-hydrogen) atoms. The number of aliphatic hydroxyl groups excluding tert-OH is 2. The van der Waals surface area contributed by atoms with Gasteiger partial charge in [-0.05, 0) is 57.0 Å². The molecule has 228 valence electrons. The van der Waals surface area contributed by atoms with Crippen molar-refractivity contribution < 1.29 is 44.3 Å². The molecular formula is C30H34N4O9. The third-order valence-corrected chi connectivity index (χ3v) is 8.80. The highest BCUT2D eigenvalue weighted by molar-refractivity contribution is 6.24. The quantitative estimate of drug-likeness (QED) is 0.201. The summed E-state index contributed by atoms with van der Waals surface area (Å²) in [6.45, 7) is 3.29. The van der Waals surface area contributed by atoms with Gasteiger partial charge in [-0.25, -0.2) is 4.79 Å². The molecule has 4 aliphatic rings. The van der Waals surface area contributed by atoms with Gasteiger partial charge in [-0.2, -0.15) is 0 Å². The number of fused-ring (bicyclic) bond motifs is 3. The number of Topliss-reactive ketones (excluding diaryl/α,β-unsaturated/α-hetero) is 2. The highest BCUT2D eigenvalue weighted by atomic mass is 16.5. The van der Waals surface area contributed by atoms with Crippen LogP contribution in [0.3, 0.4) is 0 Å². The van der Waals surface area contributed by atoms with Crippen molar-refractivity contribution in [3.8, 4) is 17.6 Å². The normalized spacial score (nSPS) is 26.8. The summed E-state index contributed by atoms with van der Waals surface area (Å²) >= 11 is 0. The lowest BCUT2D eigenvalue weighted by Crippen LogP contribution is -2.65. The van der Waals surface area contributed by atoms with Gasteiger partial charge >= 0.3 is 6.03 Å². The first-order valence-corrected chi connectivity index (χ1v) is 13.9. The van der Waals surface area contributed by atoms with Gasteiger partial charge in [0.1, 0.15) is 22.8 Å². The summed E-state index contributed by atoms with van der Waals surface area (Å²) in [6.07, 6.45) is 0.0628. The largest absolute Gasteiger partial charge is 0.508 e. The third-order valence-electron chi connectivity index (χ3n) is 8.80. The summed E-state index contributed by atoms with van der Waals surface area (Å²) in [5, 5.41) is 48.4. The van der Waals surface area contributed by atoms with E-state index >= 15 is 0 Å². The fraction of sp³-hybridized carbons (Fsp3) is 0.467. The number of carbonyl (C=O) groups excluding carboxylic acids is 4. The highest BCUT2D eigenvalue weighted by Crippen LogP contribution is 2.53. The van der Waals surface area contributed by atoms with Gasteiger partial charge in [0.15, 0.2) is 11.4 Å². The maximum absolute atomic E-state index is 14.1. The minimum absolute atomic E-state index is 0.0259. The monoisotopic (exact) mass is 594 g/mol. The number of hydrogen-bond donors (Lipinski definition) is 6. The first kappa shape index (κ1) is 30.1. The summed E-state index contributed by atoms with van der Waals surface area (Å²) in [4.78, 5) is 55.4. The van der Waals surface area contributed by atoms with Gasteiger partial charge in [0.25, 0.3) is 5.91 Å². The number of benzene rings is 1. The standard InChI is InChI=1S/C30H34N4O9/c1-4-5-14-10-16(13-32-29(41)34-6-8-43-9-7-34)17-11-15-12-18-22(33(2)3)25(37)21(28(31)40)27(39)30(18,42)26(38)19(15)24(36)20(17)23(14)35/h10,15,18,22,35-36,39,42H,6-9,11-13H2,1-3H3,(H2,31,40)(H,32,41)/t15-,18-,22-,30-/m0/s1. The van der Waals surface area contributed by atoms with Crippen LogP contribution in [0.5, 0.6) is 5.75 Å². The molecule has 1 aromatic rings. The average molecular weight is 595 g/mol. The molecule has 1 saturated carbocycles. The zero-order valence-electron chi connectivity index (χ0n) is 24.1. The Bertz CT molecular complexity index is 1560. The second kappa shape index (κ2) is 11.0. The van der Waals surface area contributed by atoms with Crippen LogP contribution in [0.1, 0.15) is 35.6 Å². The van der Waals surface area contributed by atoms with E-state index in [1.807, 2.05) is 0 Å². The Morgan fingerprint density at radius 2 is 1.88 bits per heavy atom. The third kappa shape index (κ3) is 4.62. The fourth-order valence-corrected chi connectivity index (χ4v) is 6.83. The number of ketones is 2. The Morgan fingerprint density at radius 3 is 2.49 bits per heavy atom. The number of aliphatic hydroxyl groups is 3. The molecule has 0 spiro atoms. The fourth-order valence-electron chi connectivity index (χ4n) is 6.83. The number of likely N-dealkylation sites (N-methyl/N-ethyl adjacent to an activating group) is 1. The Hall–Kier alpha value is -4.38. The van der Waals surface area contributed by atoms with E-state index in [9.17, 15) is 39.6 Å². The molecule has 1 aromatic carbocycles. The lowest BCUT2D eigenvalue weighted by molar-refractivity contribution is -0.153. The summed E-state index contributed by atoms with van der Waals surface area (Å²) in [5.74, 6) is -1.82. The minimum Gasteiger partial charge on any atom is -0.508 e. The summed E-state index contributed by atoms with van der Waals surface area (Å²) < 4.78 is 5.30. The lowest BCUT2D eigenvalue weighted by atomic mass is 9.57. The lowest BCUT2D eigenvalue weighted by Gasteiger charge is -2.50. The van der Waals surface area contributed by atoms with Crippen LogP contribution in [0.15, 0.2) is 23.0 Å². The molecule has 1 heterocycles. The van der Waals surface area contributed by atoms with E-state index in [1.165, 1.54) is 19.0 Å². The molecule has 0 unspecified atom stereocenters. The number of nitrogens with one attached hydrogen (secondary N) is 1. The van der Waals surface area contributed by atoms with Crippen LogP contribution >= 0.6 is 0 Å². The number of morpholine rings is 1. The molecule has 3 aliphatic carbocycles. The molecule has 0 aromatic heterocycles. The summed E-state index contributed by atoms with van der Waals surface area (Å²) in [6, 6.07) is 0.120. The molecule has 2 fully saturated rings. The van der Waals surface area contributed by atoms with E-state index in [-0.39, 0.29) is 47.9 Å². The zero-order valence-corrected chi connectivity index (χ0v) is 24.1. The van der Waals surface area contributed by atoms with Gasteiger partial charge in [0, 0.05) is 31.1 Å². The van der Waals surface area contributed by atoms with Crippen LogP contribution in [0.25, 0.3) is 5.76 Å². The number of carbonyl (C=O) groups is 4. The molecular weight excluding hydrogens is 560 g/mol. The van der Waals surface area contributed by atoms with Gasteiger partial charge in [0.05, 0.1) is 30.4 Å². The van der Waals surface area contributed by atoms with Crippen LogP contribution in [0.4, 0.5) is 4.79 Å². The van der Waals surface area contributed by atoms with E-state index < -0.39 is 58.0 Å². The molecule has 1 aliphatic heterocycles. The predicted octanol–water partition coefficient (Wildman–Crippen LogP) is -0.123. The van der Waals surface area contributed by atoms with E-state index in [0.717, 1.165) is 0 Å². The van der Waals surface area contributed by atoms with Gasteiger partial charge in [0.2, 0.25) is 5.78 Å². The molecule has 5 rings (SSSR count). The van der Waals surface area contributed by atoms with E-state index in [0.29, 0.717) is 37.4 Å². The first-order chi connectivity index (χ1) is 20.3. The smallest absolute Gasteiger partial charge is 0.317 e. The number of amides is 3. The van der Waals surface area contributed by atoms with Gasteiger partial charge in [-0.15, -0.1) is 5.92 Å². The predicted molar refractivity (Wildman–Crippen MR) is 151 cm³/mol. The molecule has 0 radical (unpaired) electrons. The number of rotatable bonds is 4. The molecule has 3 amide bonds. The van der Waals surface area contributed by atoms with Crippen LogP contribution in [-0.4, -0.2) is 106 Å². The number of nitrogens with zero attached hydrogens (tertiary/aromatic N) is 2. The molecule has 4 atom stereocenters. The molecule has 1 saturated heterocycles. The number of nitrogens with two attached hydrogens (primary N) is 1. The van der Waals surface area contributed by atoms with Crippen molar-refractivity contribution in [3.05, 3.63) is 45.2 Å². The minimum atomic E-state index is -2.73. The van der Waals surface area contributed by atoms with Crippen LogP contribution in [0.2, 0.25) is 0 Å². The van der Waals surface area contributed by atoms with Crippen LogP contribution in [-0.2, 0) is 32.1 Å². The number of phenols is 1. The summed E-state index contributed by atoms with van der Waals surface area (Å²) in [7, 11) is 3.08. The van der Waals surface area contributed by atoms with Gasteiger partial charge in [-0.1, -0.05) is 5.92 Å². The van der Waals surface area contributed by atoms with E-state index in [4.69, 9.17) is 10.5 Å². The highest BCUT2D eigenvalue weighted by Gasteiger charge is 2.64. The molecule has 7 N–H and O–H groups in total. The second-order valence-electron chi connectivity index (χ2n) is 11.4. The van der Waals surface area contributed by atoms with Crippen molar-refractivity contribution in [1.29, 1.82) is 0 Å².